The number of aryl methyl sites for hydroxylation is 1. The number of rotatable bonds is 3. The molecule has 0 aliphatic rings. The molecular weight excluding hydrogens is 240 g/mol. The maximum Gasteiger partial charge on any atom is 0.146 e. The maximum absolute atomic E-state index is 9.71. The van der Waals surface area contributed by atoms with Crippen LogP contribution in [0.3, 0.4) is 0 Å². The summed E-state index contributed by atoms with van der Waals surface area (Å²) in [5.41, 5.74) is 1.82. The predicted molar refractivity (Wildman–Crippen MR) is 73.4 cm³/mol. The van der Waals surface area contributed by atoms with Gasteiger partial charge in [0.1, 0.15) is 29.4 Å². The fourth-order valence-corrected chi connectivity index (χ4v) is 2.03. The van der Waals surface area contributed by atoms with Crippen molar-refractivity contribution in [1.82, 2.24) is 0 Å². The minimum Gasteiger partial charge on any atom is -0.507 e. The number of phenolic OH excluding ortho intramolecular Hbond substituents is 1. The molecule has 0 atom stereocenters. The number of hydrogen-bond acceptors (Lipinski definition) is 3. The van der Waals surface area contributed by atoms with E-state index in [4.69, 9.17) is 9.15 Å². The van der Waals surface area contributed by atoms with Gasteiger partial charge in [0.2, 0.25) is 0 Å². The lowest BCUT2D eigenvalue weighted by Crippen LogP contribution is -1.93. The van der Waals surface area contributed by atoms with Gasteiger partial charge in [-0.15, -0.1) is 0 Å². The third-order valence-corrected chi connectivity index (χ3v) is 2.96. The van der Waals surface area contributed by atoms with Crippen LogP contribution in [0.25, 0.3) is 11.0 Å². The monoisotopic (exact) mass is 254 g/mol. The molecule has 0 saturated carbocycles. The first kappa shape index (κ1) is 11.7. The third kappa shape index (κ3) is 2.40. The highest BCUT2D eigenvalue weighted by atomic mass is 16.5. The fourth-order valence-electron chi connectivity index (χ4n) is 2.03. The summed E-state index contributed by atoms with van der Waals surface area (Å²) >= 11 is 0. The van der Waals surface area contributed by atoms with Crippen LogP contribution in [0, 0.1) is 6.92 Å². The van der Waals surface area contributed by atoms with Crippen molar-refractivity contribution >= 4 is 11.0 Å². The number of benzene rings is 2. The van der Waals surface area contributed by atoms with Crippen molar-refractivity contribution in [2.75, 3.05) is 0 Å². The average molecular weight is 254 g/mol. The second kappa shape index (κ2) is 4.69. The van der Waals surface area contributed by atoms with Crippen molar-refractivity contribution in [1.29, 1.82) is 0 Å². The zero-order chi connectivity index (χ0) is 13.2. The topological polar surface area (TPSA) is 42.6 Å². The van der Waals surface area contributed by atoms with E-state index in [0.29, 0.717) is 23.3 Å². The number of phenols is 1. The highest BCUT2D eigenvalue weighted by molar-refractivity contribution is 5.84. The fraction of sp³-hybridized carbons (Fsp3) is 0.125. The highest BCUT2D eigenvalue weighted by Crippen LogP contribution is 2.28. The number of fused-ring (bicyclic) bond motifs is 1. The van der Waals surface area contributed by atoms with Crippen molar-refractivity contribution in [2.24, 2.45) is 0 Å². The van der Waals surface area contributed by atoms with E-state index in [0.717, 1.165) is 11.3 Å². The van der Waals surface area contributed by atoms with Gasteiger partial charge in [-0.25, -0.2) is 0 Å². The van der Waals surface area contributed by atoms with Crippen molar-refractivity contribution in [3.63, 3.8) is 0 Å². The van der Waals surface area contributed by atoms with E-state index in [-0.39, 0.29) is 5.75 Å². The Morgan fingerprint density at radius 1 is 1.11 bits per heavy atom. The van der Waals surface area contributed by atoms with Crippen LogP contribution < -0.4 is 4.74 Å². The summed E-state index contributed by atoms with van der Waals surface area (Å²) in [5.74, 6) is 1.73. The molecule has 3 nitrogen and oxygen atoms in total. The van der Waals surface area contributed by atoms with Gasteiger partial charge in [-0.3, -0.25) is 0 Å². The van der Waals surface area contributed by atoms with E-state index in [2.05, 4.69) is 0 Å². The average Bonchev–Trinajstić information content (AvgIpc) is 2.81. The van der Waals surface area contributed by atoms with Gasteiger partial charge in [-0.1, -0.05) is 18.2 Å². The Hall–Kier alpha value is -2.42. The van der Waals surface area contributed by atoms with Gasteiger partial charge in [0.15, 0.2) is 0 Å². The predicted octanol–water partition coefficient (Wildman–Crippen LogP) is 4.03. The molecule has 96 valence electrons. The van der Waals surface area contributed by atoms with Gasteiger partial charge in [0.25, 0.3) is 0 Å². The summed E-state index contributed by atoms with van der Waals surface area (Å²) in [5, 5.41) is 10.4. The Bertz CT molecular complexity index is 713. The molecule has 0 unspecified atom stereocenters. The van der Waals surface area contributed by atoms with E-state index in [1.54, 1.807) is 18.2 Å². The highest BCUT2D eigenvalue weighted by Gasteiger charge is 2.07. The van der Waals surface area contributed by atoms with Crippen LogP contribution >= 0.6 is 0 Å². The number of aromatic hydroxyl groups is 1. The Balaban J connectivity index is 1.80. The van der Waals surface area contributed by atoms with Crippen molar-refractivity contribution in [2.45, 2.75) is 13.5 Å². The molecule has 0 saturated heterocycles. The molecule has 1 aromatic heterocycles. The van der Waals surface area contributed by atoms with Gasteiger partial charge < -0.3 is 14.3 Å². The lowest BCUT2D eigenvalue weighted by atomic mass is 10.2. The molecule has 0 amide bonds. The molecule has 0 radical (unpaired) electrons. The zero-order valence-electron chi connectivity index (χ0n) is 10.6. The third-order valence-electron chi connectivity index (χ3n) is 2.96. The summed E-state index contributed by atoms with van der Waals surface area (Å²) in [6.07, 6.45) is 0. The molecule has 0 spiro atoms. The number of hydrogen-bond donors (Lipinski definition) is 1. The molecule has 1 N–H and O–H groups in total. The van der Waals surface area contributed by atoms with Gasteiger partial charge in [0.05, 0.1) is 5.39 Å². The molecule has 1 heterocycles. The first-order valence-electron chi connectivity index (χ1n) is 6.12. The minimum absolute atomic E-state index is 0.225. The van der Waals surface area contributed by atoms with E-state index >= 15 is 0 Å². The molecule has 2 aromatic carbocycles. The largest absolute Gasteiger partial charge is 0.507 e. The van der Waals surface area contributed by atoms with Gasteiger partial charge in [0, 0.05) is 0 Å². The standard InChI is InChI=1S/C16H14O3/c1-11-4-2-5-12(8-11)18-10-13-9-14-15(17)6-3-7-16(14)19-13/h2-9,17H,10H2,1H3. The first-order chi connectivity index (χ1) is 9.22. The first-order valence-corrected chi connectivity index (χ1v) is 6.12. The van der Waals surface area contributed by atoms with Crippen LogP contribution in [0.5, 0.6) is 11.5 Å². The summed E-state index contributed by atoms with van der Waals surface area (Å²) in [4.78, 5) is 0. The maximum atomic E-state index is 9.71. The molecule has 3 rings (SSSR count). The van der Waals surface area contributed by atoms with Crippen LogP contribution in [0.15, 0.2) is 52.9 Å². The molecule has 0 aliphatic heterocycles. The van der Waals surface area contributed by atoms with Crippen LogP contribution in [-0.4, -0.2) is 5.11 Å². The lowest BCUT2D eigenvalue weighted by Gasteiger charge is -2.04. The minimum atomic E-state index is 0.225. The number of furan rings is 1. The molecule has 0 bridgehead atoms. The summed E-state index contributed by atoms with van der Waals surface area (Å²) in [6, 6.07) is 14.9. The second-order valence-corrected chi connectivity index (χ2v) is 4.51. The molecule has 0 fully saturated rings. The second-order valence-electron chi connectivity index (χ2n) is 4.51. The van der Waals surface area contributed by atoms with E-state index in [1.165, 1.54) is 0 Å². The zero-order valence-corrected chi connectivity index (χ0v) is 10.6. The van der Waals surface area contributed by atoms with Crippen molar-refractivity contribution in [3.8, 4) is 11.5 Å². The SMILES string of the molecule is Cc1cccc(OCc2cc3c(O)cccc3o2)c1. The van der Waals surface area contributed by atoms with E-state index < -0.39 is 0 Å². The summed E-state index contributed by atoms with van der Waals surface area (Å²) in [7, 11) is 0. The van der Waals surface area contributed by atoms with Crippen molar-refractivity contribution in [3.05, 3.63) is 59.9 Å². The van der Waals surface area contributed by atoms with Crippen LogP contribution in [0.1, 0.15) is 11.3 Å². The van der Waals surface area contributed by atoms with E-state index in [1.807, 2.05) is 37.3 Å². The van der Waals surface area contributed by atoms with Crippen molar-refractivity contribution < 1.29 is 14.3 Å². The Labute approximate surface area is 111 Å². The Morgan fingerprint density at radius 3 is 2.74 bits per heavy atom. The van der Waals surface area contributed by atoms with Gasteiger partial charge in [-0.05, 0) is 42.8 Å². The molecule has 3 aromatic rings. The normalized spacial score (nSPS) is 10.8. The molecule has 0 aliphatic carbocycles. The summed E-state index contributed by atoms with van der Waals surface area (Å²) in [6.45, 7) is 2.36. The molecular formula is C16H14O3. The van der Waals surface area contributed by atoms with Crippen LogP contribution in [-0.2, 0) is 6.61 Å². The number of ether oxygens (including phenoxy) is 1. The quantitative estimate of drug-likeness (QED) is 0.767. The Morgan fingerprint density at radius 2 is 1.95 bits per heavy atom. The van der Waals surface area contributed by atoms with Crippen LogP contribution in [0.4, 0.5) is 0 Å². The Kier molecular flexibility index (Phi) is 2.88. The van der Waals surface area contributed by atoms with Gasteiger partial charge >= 0.3 is 0 Å². The molecule has 3 heteroatoms. The summed E-state index contributed by atoms with van der Waals surface area (Å²) < 4.78 is 11.3. The van der Waals surface area contributed by atoms with Crippen LogP contribution in [0.2, 0.25) is 0 Å². The smallest absolute Gasteiger partial charge is 0.146 e. The molecule has 19 heavy (non-hydrogen) atoms. The van der Waals surface area contributed by atoms with Gasteiger partial charge in [-0.2, -0.15) is 0 Å². The van der Waals surface area contributed by atoms with E-state index in [9.17, 15) is 5.11 Å². The lowest BCUT2D eigenvalue weighted by molar-refractivity contribution is 0.274.